The van der Waals surface area contributed by atoms with E-state index in [2.05, 4.69) is 10.3 Å². The molecule has 2 N–H and O–H groups in total. The van der Waals surface area contributed by atoms with Crippen LogP contribution in [0.5, 0.6) is 17.2 Å². The minimum Gasteiger partial charge on any atom is -0.504 e. The van der Waals surface area contributed by atoms with E-state index >= 15 is 0 Å². The molecule has 0 fully saturated rings. The summed E-state index contributed by atoms with van der Waals surface area (Å²) in [5.41, 5.74) is 2.56. The molecule has 0 spiro atoms. The highest BCUT2D eigenvalue weighted by molar-refractivity contribution is 7.07. The zero-order chi connectivity index (χ0) is 26.8. The van der Waals surface area contributed by atoms with Gasteiger partial charge in [0.2, 0.25) is 0 Å². The van der Waals surface area contributed by atoms with Crippen LogP contribution in [0.25, 0.3) is 6.08 Å². The zero-order valence-electron chi connectivity index (χ0n) is 21.0. The molecule has 3 aromatic carbocycles. The Morgan fingerprint density at radius 2 is 1.84 bits per heavy atom. The quantitative estimate of drug-likeness (QED) is 0.399. The number of amides is 1. The van der Waals surface area contributed by atoms with Gasteiger partial charge in [-0.05, 0) is 60.5 Å². The van der Waals surface area contributed by atoms with Crippen molar-refractivity contribution in [3.63, 3.8) is 0 Å². The third-order valence-electron chi connectivity index (χ3n) is 6.21. The van der Waals surface area contributed by atoms with Gasteiger partial charge < -0.3 is 19.9 Å². The molecule has 0 saturated heterocycles. The molecule has 192 valence electrons. The normalized spacial score (nSPS) is 15.0. The van der Waals surface area contributed by atoms with Crippen molar-refractivity contribution in [2.45, 2.75) is 13.0 Å². The van der Waals surface area contributed by atoms with Gasteiger partial charge in [-0.2, -0.15) is 0 Å². The largest absolute Gasteiger partial charge is 0.504 e. The standard InChI is InChI=1S/C29H25N3O5S/c1-17-25(27(34)31-20-9-5-4-6-10-20)26(19-8-7-11-21(16-19)36-2)32-28(35)24(38-29(32)30-17)15-18-12-13-23(37-3)22(33)14-18/h4-16,26,33H,1-3H3,(H,31,34)/b24-15-/t26-/m1/s1. The number of carbonyl (C=O) groups is 1. The van der Waals surface area contributed by atoms with E-state index in [4.69, 9.17) is 9.47 Å². The number of para-hydroxylation sites is 1. The van der Waals surface area contributed by atoms with Crippen molar-refractivity contribution in [3.8, 4) is 17.2 Å². The number of methoxy groups -OCH3 is 2. The molecule has 8 nitrogen and oxygen atoms in total. The van der Waals surface area contributed by atoms with E-state index in [0.717, 1.165) is 0 Å². The highest BCUT2D eigenvalue weighted by atomic mass is 32.1. The molecule has 0 radical (unpaired) electrons. The van der Waals surface area contributed by atoms with Gasteiger partial charge in [0.15, 0.2) is 16.3 Å². The maximum absolute atomic E-state index is 13.8. The highest BCUT2D eigenvalue weighted by Gasteiger charge is 2.32. The molecule has 1 aliphatic heterocycles. The van der Waals surface area contributed by atoms with E-state index in [1.54, 1.807) is 48.9 Å². The van der Waals surface area contributed by atoms with Gasteiger partial charge >= 0.3 is 0 Å². The molecule has 4 aromatic rings. The minimum absolute atomic E-state index is 0.0287. The first-order valence-electron chi connectivity index (χ1n) is 11.8. The van der Waals surface area contributed by atoms with Gasteiger partial charge in [0.05, 0.1) is 36.1 Å². The summed E-state index contributed by atoms with van der Waals surface area (Å²) in [5.74, 6) is 0.570. The van der Waals surface area contributed by atoms with Crippen molar-refractivity contribution in [2.75, 3.05) is 19.5 Å². The molecule has 1 aliphatic rings. The van der Waals surface area contributed by atoms with Crippen molar-refractivity contribution in [1.29, 1.82) is 0 Å². The van der Waals surface area contributed by atoms with Crippen LogP contribution in [-0.4, -0.2) is 29.8 Å². The summed E-state index contributed by atoms with van der Waals surface area (Å²) in [6.45, 7) is 1.77. The number of thiazole rings is 1. The molecule has 0 bridgehead atoms. The SMILES string of the molecule is COc1cccc([C@@H]2C(C(=O)Nc3ccccc3)=C(C)N=c3s/c(=C\c4ccc(OC)c(O)c4)c(=O)n32)c1. The van der Waals surface area contributed by atoms with Crippen molar-refractivity contribution >= 4 is 29.0 Å². The fraction of sp³-hybridized carbons (Fsp3) is 0.138. The first-order chi connectivity index (χ1) is 18.4. The minimum atomic E-state index is -0.725. The van der Waals surface area contributed by atoms with Crippen LogP contribution in [-0.2, 0) is 4.79 Å². The molecule has 2 heterocycles. The molecule has 0 aliphatic carbocycles. The predicted molar refractivity (Wildman–Crippen MR) is 146 cm³/mol. The number of phenolic OH excluding ortho intramolecular Hbond substituents is 1. The van der Waals surface area contributed by atoms with Crippen molar-refractivity contribution in [1.82, 2.24) is 4.57 Å². The number of allylic oxidation sites excluding steroid dienone is 1. The molecule has 0 unspecified atom stereocenters. The van der Waals surface area contributed by atoms with E-state index in [-0.39, 0.29) is 17.2 Å². The lowest BCUT2D eigenvalue weighted by Gasteiger charge is -2.25. The maximum Gasteiger partial charge on any atom is 0.271 e. The number of carbonyl (C=O) groups excluding carboxylic acids is 1. The summed E-state index contributed by atoms with van der Waals surface area (Å²) in [6.07, 6.45) is 1.69. The topological polar surface area (TPSA) is 102 Å². The molecule has 9 heteroatoms. The number of ether oxygens (including phenoxy) is 2. The van der Waals surface area contributed by atoms with E-state index in [1.807, 2.05) is 42.5 Å². The fourth-order valence-electron chi connectivity index (χ4n) is 4.41. The van der Waals surface area contributed by atoms with Crippen LogP contribution in [0.4, 0.5) is 5.69 Å². The second-order valence-electron chi connectivity index (χ2n) is 8.61. The van der Waals surface area contributed by atoms with Gasteiger partial charge in [0.25, 0.3) is 11.5 Å². The third-order valence-corrected chi connectivity index (χ3v) is 7.19. The van der Waals surface area contributed by atoms with Crippen LogP contribution in [0.2, 0.25) is 0 Å². The Hall–Kier alpha value is -4.63. The summed E-state index contributed by atoms with van der Waals surface area (Å²) in [6, 6.07) is 20.6. The average molecular weight is 528 g/mol. The number of rotatable bonds is 6. The van der Waals surface area contributed by atoms with Crippen molar-refractivity contribution in [3.05, 3.63) is 115 Å². The van der Waals surface area contributed by atoms with Crippen LogP contribution >= 0.6 is 11.3 Å². The van der Waals surface area contributed by atoms with Crippen LogP contribution in [0.3, 0.4) is 0 Å². The molecule has 1 atom stereocenters. The van der Waals surface area contributed by atoms with E-state index in [1.165, 1.54) is 24.5 Å². The molecule has 38 heavy (non-hydrogen) atoms. The number of benzene rings is 3. The summed E-state index contributed by atoms with van der Waals surface area (Å²) in [7, 11) is 3.04. The number of aromatic nitrogens is 1. The second-order valence-corrected chi connectivity index (χ2v) is 9.62. The number of nitrogens with one attached hydrogen (secondary N) is 1. The molecule has 5 rings (SSSR count). The Morgan fingerprint density at radius 3 is 2.55 bits per heavy atom. The van der Waals surface area contributed by atoms with Gasteiger partial charge in [-0.25, -0.2) is 4.99 Å². The summed E-state index contributed by atoms with van der Waals surface area (Å²) in [4.78, 5) is 32.5. The number of fused-ring (bicyclic) bond motifs is 1. The fourth-order valence-corrected chi connectivity index (χ4v) is 5.45. The lowest BCUT2D eigenvalue weighted by molar-refractivity contribution is -0.113. The number of nitrogens with zero attached hydrogens (tertiary/aromatic N) is 2. The number of aromatic hydroxyl groups is 1. The van der Waals surface area contributed by atoms with Gasteiger partial charge in [0, 0.05) is 5.69 Å². The van der Waals surface area contributed by atoms with Gasteiger partial charge in [-0.1, -0.05) is 47.7 Å². The van der Waals surface area contributed by atoms with E-state index < -0.39 is 6.04 Å². The predicted octanol–water partition coefficient (Wildman–Crippen LogP) is 3.60. The second kappa shape index (κ2) is 10.4. The summed E-state index contributed by atoms with van der Waals surface area (Å²) in [5, 5.41) is 13.1. The van der Waals surface area contributed by atoms with Crippen molar-refractivity contribution in [2.24, 2.45) is 4.99 Å². The Kier molecular flexibility index (Phi) is 6.85. The number of anilines is 1. The first-order valence-corrected chi connectivity index (χ1v) is 12.6. The van der Waals surface area contributed by atoms with Crippen molar-refractivity contribution < 1.29 is 19.4 Å². The smallest absolute Gasteiger partial charge is 0.271 e. The maximum atomic E-state index is 13.8. The van der Waals surface area contributed by atoms with Gasteiger partial charge in [-0.3, -0.25) is 14.2 Å². The van der Waals surface area contributed by atoms with Crippen LogP contribution in [0, 0.1) is 0 Å². The number of hydrogen-bond acceptors (Lipinski definition) is 7. The van der Waals surface area contributed by atoms with Gasteiger partial charge in [-0.15, -0.1) is 0 Å². The number of hydrogen-bond donors (Lipinski definition) is 2. The Morgan fingerprint density at radius 1 is 1.05 bits per heavy atom. The lowest BCUT2D eigenvalue weighted by atomic mass is 9.95. The average Bonchev–Trinajstić information content (AvgIpc) is 3.22. The van der Waals surface area contributed by atoms with E-state index in [9.17, 15) is 14.7 Å². The Bertz CT molecular complexity index is 1740. The molecule has 1 amide bonds. The zero-order valence-corrected chi connectivity index (χ0v) is 21.8. The van der Waals surface area contributed by atoms with Crippen LogP contribution in [0.15, 0.2) is 93.9 Å². The van der Waals surface area contributed by atoms with Crippen LogP contribution < -0.4 is 29.7 Å². The lowest BCUT2D eigenvalue weighted by Crippen LogP contribution is -2.40. The third kappa shape index (κ3) is 4.71. The highest BCUT2D eigenvalue weighted by Crippen LogP contribution is 2.32. The van der Waals surface area contributed by atoms with Crippen LogP contribution in [0.1, 0.15) is 24.1 Å². The molecular formula is C29H25N3O5S. The summed E-state index contributed by atoms with van der Waals surface area (Å²) < 4.78 is 12.5. The molecular weight excluding hydrogens is 502 g/mol. The summed E-state index contributed by atoms with van der Waals surface area (Å²) >= 11 is 1.22. The molecule has 0 saturated carbocycles. The number of phenols is 1. The monoisotopic (exact) mass is 527 g/mol. The van der Waals surface area contributed by atoms with Gasteiger partial charge in [0.1, 0.15) is 5.75 Å². The van der Waals surface area contributed by atoms with E-state index in [0.29, 0.717) is 48.9 Å². The Balaban J connectivity index is 1.67. The molecule has 1 aromatic heterocycles. The Labute approximate surface area is 222 Å². The first kappa shape index (κ1) is 25.0.